The molecule has 0 heterocycles. The molecule has 18 heavy (non-hydrogen) atoms. The Morgan fingerprint density at radius 3 is 2.83 bits per heavy atom. The number of aliphatic hydroxyl groups is 1. The smallest absolute Gasteiger partial charge is 0.0947 e. The molecular weight excluding hydrogens is 296 g/mol. The number of nitrogens with one attached hydrogen (secondary N) is 1. The highest BCUT2D eigenvalue weighted by molar-refractivity contribution is 9.10. The quantitative estimate of drug-likeness (QED) is 0.802. The third kappa shape index (κ3) is 4.57. The molecule has 0 amide bonds. The molecule has 1 atom stereocenters. The predicted molar refractivity (Wildman–Crippen MR) is 78.1 cm³/mol. The average Bonchev–Trinajstić information content (AvgIpc) is 2.29. The summed E-state index contributed by atoms with van der Waals surface area (Å²) < 4.78 is 6.00. The van der Waals surface area contributed by atoms with E-state index in [-0.39, 0.29) is 0 Å². The summed E-state index contributed by atoms with van der Waals surface area (Å²) in [5.74, 6) is 0. The van der Waals surface area contributed by atoms with E-state index in [0.717, 1.165) is 16.7 Å². The Hall–Kier alpha value is -0.620. The summed E-state index contributed by atoms with van der Waals surface area (Å²) in [5.41, 5.74) is 2.31. The largest absolute Gasteiger partial charge is 0.389 e. The number of benzene rings is 1. The van der Waals surface area contributed by atoms with Crippen molar-refractivity contribution in [3.63, 3.8) is 0 Å². The minimum absolute atomic E-state index is 0.349. The van der Waals surface area contributed by atoms with Crippen molar-refractivity contribution in [2.24, 2.45) is 0 Å². The Labute approximate surface area is 117 Å². The molecule has 0 saturated heterocycles. The second kappa shape index (κ2) is 7.74. The maximum Gasteiger partial charge on any atom is 0.0947 e. The Kier molecular flexibility index (Phi) is 6.63. The lowest BCUT2D eigenvalue weighted by atomic mass is 10.1. The lowest BCUT2D eigenvalue weighted by Gasteiger charge is -2.25. The van der Waals surface area contributed by atoms with Gasteiger partial charge in [0.15, 0.2) is 0 Å². The van der Waals surface area contributed by atoms with E-state index in [1.54, 1.807) is 7.11 Å². The number of hydrogen-bond acceptors (Lipinski definition) is 4. The van der Waals surface area contributed by atoms with Crippen molar-refractivity contribution < 1.29 is 9.84 Å². The van der Waals surface area contributed by atoms with Crippen LogP contribution >= 0.6 is 15.9 Å². The Morgan fingerprint density at radius 2 is 2.22 bits per heavy atom. The number of aliphatic hydroxyl groups excluding tert-OH is 1. The molecule has 0 saturated carbocycles. The number of nitrogens with zero attached hydrogens (tertiary/aromatic N) is 1. The van der Waals surface area contributed by atoms with Gasteiger partial charge >= 0.3 is 0 Å². The Morgan fingerprint density at radius 1 is 1.50 bits per heavy atom. The molecule has 1 aromatic carbocycles. The number of halogens is 1. The molecule has 0 aliphatic heterocycles. The lowest BCUT2D eigenvalue weighted by Crippen LogP contribution is -2.32. The fourth-order valence-corrected chi connectivity index (χ4v) is 2.33. The van der Waals surface area contributed by atoms with Crippen LogP contribution in [0.25, 0.3) is 0 Å². The number of likely N-dealkylation sites (N-methyl/N-ethyl adjacent to an activating group) is 1. The van der Waals surface area contributed by atoms with Crippen molar-refractivity contribution in [1.29, 1.82) is 0 Å². The van der Waals surface area contributed by atoms with Crippen LogP contribution in [0.4, 0.5) is 5.69 Å². The van der Waals surface area contributed by atoms with Gasteiger partial charge in [-0.2, -0.15) is 0 Å². The van der Waals surface area contributed by atoms with E-state index in [1.807, 2.05) is 25.1 Å². The topological polar surface area (TPSA) is 44.7 Å². The van der Waals surface area contributed by atoms with Crippen molar-refractivity contribution in [2.75, 3.05) is 39.3 Å². The number of anilines is 1. The third-order valence-electron chi connectivity index (χ3n) is 2.66. The first-order valence-electron chi connectivity index (χ1n) is 5.89. The van der Waals surface area contributed by atoms with Crippen LogP contribution in [0, 0.1) is 0 Å². The monoisotopic (exact) mass is 316 g/mol. The minimum atomic E-state index is -0.480. The fraction of sp³-hybridized carbons (Fsp3) is 0.538. The van der Waals surface area contributed by atoms with Crippen LogP contribution in [-0.2, 0) is 11.3 Å². The van der Waals surface area contributed by atoms with Crippen LogP contribution in [0.15, 0.2) is 22.7 Å². The molecule has 0 aliphatic rings. The summed E-state index contributed by atoms with van der Waals surface area (Å²) in [6, 6.07) is 6.15. The summed E-state index contributed by atoms with van der Waals surface area (Å²) in [6.07, 6.45) is -0.480. The van der Waals surface area contributed by atoms with Crippen molar-refractivity contribution in [2.45, 2.75) is 12.6 Å². The van der Waals surface area contributed by atoms with E-state index >= 15 is 0 Å². The first kappa shape index (κ1) is 15.4. The second-order valence-corrected chi connectivity index (χ2v) is 5.21. The molecule has 0 fully saturated rings. The summed E-state index contributed by atoms with van der Waals surface area (Å²) in [6.45, 7) is 1.69. The van der Waals surface area contributed by atoms with Crippen LogP contribution in [0.3, 0.4) is 0 Å². The zero-order valence-electron chi connectivity index (χ0n) is 11.1. The zero-order valence-corrected chi connectivity index (χ0v) is 12.7. The number of methoxy groups -OCH3 is 1. The van der Waals surface area contributed by atoms with Crippen LogP contribution < -0.4 is 10.2 Å². The molecule has 5 heteroatoms. The molecule has 0 aliphatic carbocycles. The maximum absolute atomic E-state index is 9.76. The standard InChI is InChI=1S/C13H21BrN2O2/c1-15-7-10-6-11(14)4-5-13(10)16(2)8-12(17)9-18-3/h4-6,12,15,17H,7-9H2,1-3H3. The van der Waals surface area contributed by atoms with Crippen molar-refractivity contribution in [3.8, 4) is 0 Å². The minimum Gasteiger partial charge on any atom is -0.389 e. The van der Waals surface area contributed by atoms with Gasteiger partial charge in [0.05, 0.1) is 12.7 Å². The van der Waals surface area contributed by atoms with Gasteiger partial charge in [-0.3, -0.25) is 0 Å². The second-order valence-electron chi connectivity index (χ2n) is 4.29. The molecule has 1 aromatic rings. The van der Waals surface area contributed by atoms with Gasteiger partial charge in [0.25, 0.3) is 0 Å². The maximum atomic E-state index is 9.76. The van der Waals surface area contributed by atoms with Gasteiger partial charge in [-0.05, 0) is 30.8 Å². The lowest BCUT2D eigenvalue weighted by molar-refractivity contribution is 0.0695. The van der Waals surface area contributed by atoms with Gasteiger partial charge in [-0.15, -0.1) is 0 Å². The Balaban J connectivity index is 2.80. The SMILES string of the molecule is CNCc1cc(Br)ccc1N(C)CC(O)COC. The summed E-state index contributed by atoms with van der Waals surface area (Å²) in [5, 5.41) is 12.9. The molecule has 0 radical (unpaired) electrons. The highest BCUT2D eigenvalue weighted by atomic mass is 79.9. The fourth-order valence-electron chi connectivity index (χ4n) is 1.92. The van der Waals surface area contributed by atoms with Crippen LogP contribution in [0.5, 0.6) is 0 Å². The van der Waals surface area contributed by atoms with E-state index in [1.165, 1.54) is 5.56 Å². The van der Waals surface area contributed by atoms with E-state index in [0.29, 0.717) is 13.2 Å². The highest BCUT2D eigenvalue weighted by Crippen LogP contribution is 2.24. The molecule has 0 bridgehead atoms. The first-order valence-corrected chi connectivity index (χ1v) is 6.69. The molecule has 0 aromatic heterocycles. The van der Waals surface area contributed by atoms with Gasteiger partial charge in [-0.1, -0.05) is 15.9 Å². The van der Waals surface area contributed by atoms with Gasteiger partial charge in [0.1, 0.15) is 0 Å². The van der Waals surface area contributed by atoms with Crippen molar-refractivity contribution in [3.05, 3.63) is 28.2 Å². The number of hydrogen-bond donors (Lipinski definition) is 2. The molecule has 4 nitrogen and oxygen atoms in total. The highest BCUT2D eigenvalue weighted by Gasteiger charge is 2.12. The van der Waals surface area contributed by atoms with E-state index in [9.17, 15) is 5.11 Å². The van der Waals surface area contributed by atoms with Crippen LogP contribution in [0.1, 0.15) is 5.56 Å². The van der Waals surface area contributed by atoms with Gasteiger partial charge in [0, 0.05) is 37.4 Å². The third-order valence-corrected chi connectivity index (χ3v) is 3.16. The Bertz CT molecular complexity index is 374. The van der Waals surface area contributed by atoms with E-state index < -0.39 is 6.10 Å². The van der Waals surface area contributed by atoms with Crippen LogP contribution in [0.2, 0.25) is 0 Å². The molecule has 1 rings (SSSR count). The first-order chi connectivity index (χ1) is 8.58. The zero-order chi connectivity index (χ0) is 13.5. The number of ether oxygens (including phenoxy) is 1. The predicted octanol–water partition coefficient (Wildman–Crippen LogP) is 1.61. The molecule has 2 N–H and O–H groups in total. The average molecular weight is 317 g/mol. The number of rotatable bonds is 7. The molecule has 0 spiro atoms. The molecular formula is C13H21BrN2O2. The van der Waals surface area contributed by atoms with Crippen molar-refractivity contribution in [1.82, 2.24) is 5.32 Å². The summed E-state index contributed by atoms with van der Waals surface area (Å²) in [7, 11) is 5.49. The van der Waals surface area contributed by atoms with E-state index in [2.05, 4.69) is 33.4 Å². The summed E-state index contributed by atoms with van der Waals surface area (Å²) >= 11 is 3.48. The summed E-state index contributed by atoms with van der Waals surface area (Å²) in [4.78, 5) is 2.04. The normalized spacial score (nSPS) is 12.5. The molecule has 102 valence electrons. The van der Waals surface area contributed by atoms with Crippen LogP contribution in [-0.4, -0.2) is 45.6 Å². The van der Waals surface area contributed by atoms with Crippen molar-refractivity contribution >= 4 is 21.6 Å². The van der Waals surface area contributed by atoms with E-state index in [4.69, 9.17) is 4.74 Å². The van der Waals surface area contributed by atoms with Gasteiger partial charge in [-0.25, -0.2) is 0 Å². The van der Waals surface area contributed by atoms with Gasteiger partial charge in [0.2, 0.25) is 0 Å². The van der Waals surface area contributed by atoms with Gasteiger partial charge < -0.3 is 20.1 Å². The molecule has 1 unspecified atom stereocenters.